The van der Waals surface area contributed by atoms with E-state index in [9.17, 15) is 0 Å². The van der Waals surface area contributed by atoms with Gasteiger partial charge in [0.05, 0.1) is 0 Å². The van der Waals surface area contributed by atoms with Crippen molar-refractivity contribution in [2.75, 3.05) is 6.54 Å². The Morgan fingerprint density at radius 3 is 3.00 bits per heavy atom. The summed E-state index contributed by atoms with van der Waals surface area (Å²) in [4.78, 5) is 3.17. The molecule has 1 unspecified atom stereocenters. The number of aryl methyl sites for hydroxylation is 1. The van der Waals surface area contributed by atoms with Gasteiger partial charge in [-0.1, -0.05) is 0 Å². The topological polar surface area (TPSA) is 12.0 Å². The molecule has 1 aliphatic carbocycles. The van der Waals surface area contributed by atoms with E-state index in [0.717, 1.165) is 0 Å². The van der Waals surface area contributed by atoms with Crippen LogP contribution in [0, 0.1) is 6.92 Å². The highest BCUT2D eigenvalue weighted by molar-refractivity contribution is 7.12. The van der Waals surface area contributed by atoms with Crippen LogP contribution < -0.4 is 5.32 Å². The van der Waals surface area contributed by atoms with E-state index in [2.05, 4.69) is 25.2 Å². The van der Waals surface area contributed by atoms with Gasteiger partial charge in [0.1, 0.15) is 0 Å². The van der Waals surface area contributed by atoms with Crippen LogP contribution in [0.25, 0.3) is 0 Å². The van der Waals surface area contributed by atoms with Crippen molar-refractivity contribution in [2.45, 2.75) is 38.1 Å². The Bertz CT molecular complexity index is 349. The SMILES string of the molecule is Cc1cc2c(s1)C1(CC1)CNC2C. The number of thiophene rings is 1. The van der Waals surface area contributed by atoms with Crippen LogP contribution >= 0.6 is 11.3 Å². The van der Waals surface area contributed by atoms with Gasteiger partial charge in [0.2, 0.25) is 0 Å². The second-order valence-electron chi connectivity index (χ2n) is 4.52. The molecule has 2 heterocycles. The Kier molecular flexibility index (Phi) is 1.46. The third kappa shape index (κ3) is 1.02. The Balaban J connectivity index is 2.16. The van der Waals surface area contributed by atoms with Crippen molar-refractivity contribution < 1.29 is 0 Å². The Morgan fingerprint density at radius 2 is 2.31 bits per heavy atom. The van der Waals surface area contributed by atoms with Crippen LogP contribution in [0.4, 0.5) is 0 Å². The lowest BCUT2D eigenvalue weighted by atomic mass is 9.93. The summed E-state index contributed by atoms with van der Waals surface area (Å²) in [6, 6.07) is 2.95. The Morgan fingerprint density at radius 1 is 1.54 bits per heavy atom. The molecule has 1 N–H and O–H groups in total. The molecule has 0 aromatic carbocycles. The van der Waals surface area contributed by atoms with E-state index in [-0.39, 0.29) is 0 Å². The van der Waals surface area contributed by atoms with Gasteiger partial charge in [0.15, 0.2) is 0 Å². The Labute approximate surface area is 83.2 Å². The molecule has 1 nitrogen and oxygen atoms in total. The fourth-order valence-corrected chi connectivity index (χ4v) is 3.72. The molecule has 3 rings (SSSR count). The van der Waals surface area contributed by atoms with Gasteiger partial charge in [-0.25, -0.2) is 0 Å². The van der Waals surface area contributed by atoms with Crippen LogP contribution in [-0.4, -0.2) is 6.54 Å². The summed E-state index contributed by atoms with van der Waals surface area (Å²) < 4.78 is 0. The molecule has 1 spiro atoms. The van der Waals surface area contributed by atoms with Gasteiger partial charge in [0.25, 0.3) is 0 Å². The van der Waals surface area contributed by atoms with E-state index in [1.54, 1.807) is 10.4 Å². The van der Waals surface area contributed by atoms with Crippen LogP contribution in [0.2, 0.25) is 0 Å². The van der Waals surface area contributed by atoms with E-state index in [0.29, 0.717) is 11.5 Å². The van der Waals surface area contributed by atoms with Gasteiger partial charge >= 0.3 is 0 Å². The molecular formula is C11H15NS. The van der Waals surface area contributed by atoms with Crippen molar-refractivity contribution >= 4 is 11.3 Å². The summed E-state index contributed by atoms with van der Waals surface area (Å²) in [5.74, 6) is 0. The molecule has 0 amide bonds. The molecule has 70 valence electrons. The molecule has 1 aromatic rings. The molecule has 1 aromatic heterocycles. The first-order chi connectivity index (χ1) is 6.21. The van der Waals surface area contributed by atoms with Crippen LogP contribution in [0.15, 0.2) is 6.07 Å². The van der Waals surface area contributed by atoms with Crippen molar-refractivity contribution in [3.63, 3.8) is 0 Å². The van der Waals surface area contributed by atoms with Crippen LogP contribution in [0.1, 0.15) is 41.1 Å². The van der Waals surface area contributed by atoms with Gasteiger partial charge in [-0.05, 0) is 38.3 Å². The summed E-state index contributed by atoms with van der Waals surface area (Å²) in [7, 11) is 0. The molecule has 1 saturated carbocycles. The number of nitrogens with one attached hydrogen (secondary N) is 1. The zero-order valence-electron chi connectivity index (χ0n) is 8.18. The first kappa shape index (κ1) is 8.01. The van der Waals surface area contributed by atoms with Crippen molar-refractivity contribution in [1.29, 1.82) is 0 Å². The van der Waals surface area contributed by atoms with Crippen molar-refractivity contribution in [2.24, 2.45) is 0 Å². The molecule has 1 atom stereocenters. The standard InChI is InChI=1S/C11H15NS/c1-7-5-9-8(2)12-6-11(3-4-11)10(9)13-7/h5,8,12H,3-4,6H2,1-2H3. The fourth-order valence-electron chi connectivity index (χ4n) is 2.36. The lowest BCUT2D eigenvalue weighted by Gasteiger charge is -2.27. The maximum Gasteiger partial charge on any atom is 0.0303 e. The summed E-state index contributed by atoms with van der Waals surface area (Å²) in [5.41, 5.74) is 2.15. The second kappa shape index (κ2) is 2.37. The zero-order valence-corrected chi connectivity index (χ0v) is 9.00. The van der Waals surface area contributed by atoms with Gasteiger partial charge in [-0.15, -0.1) is 11.3 Å². The predicted molar refractivity (Wildman–Crippen MR) is 56.4 cm³/mol. The highest BCUT2D eigenvalue weighted by Crippen LogP contribution is 2.54. The number of fused-ring (bicyclic) bond motifs is 2. The second-order valence-corrected chi connectivity index (χ2v) is 5.78. The third-order valence-electron chi connectivity index (χ3n) is 3.43. The van der Waals surface area contributed by atoms with E-state index >= 15 is 0 Å². The molecule has 2 heteroatoms. The molecule has 1 aliphatic heterocycles. The van der Waals surface area contributed by atoms with Gasteiger partial charge in [-0.3, -0.25) is 0 Å². The maximum atomic E-state index is 3.61. The number of rotatable bonds is 0. The first-order valence-electron chi connectivity index (χ1n) is 5.05. The lowest BCUT2D eigenvalue weighted by Crippen LogP contribution is -2.34. The van der Waals surface area contributed by atoms with Gasteiger partial charge < -0.3 is 5.32 Å². The summed E-state index contributed by atoms with van der Waals surface area (Å²) in [5, 5.41) is 3.61. The van der Waals surface area contributed by atoms with Crippen molar-refractivity contribution in [3.8, 4) is 0 Å². The van der Waals surface area contributed by atoms with Gasteiger partial charge in [-0.2, -0.15) is 0 Å². The zero-order chi connectivity index (χ0) is 9.05. The molecule has 13 heavy (non-hydrogen) atoms. The minimum atomic E-state index is 0.570. The van der Waals surface area contributed by atoms with Crippen LogP contribution in [0.5, 0.6) is 0 Å². The normalized spacial score (nSPS) is 28.9. The number of hydrogen-bond acceptors (Lipinski definition) is 2. The monoisotopic (exact) mass is 193 g/mol. The predicted octanol–water partition coefficient (Wildman–Crippen LogP) is 2.75. The average molecular weight is 193 g/mol. The molecule has 1 fully saturated rings. The minimum absolute atomic E-state index is 0.570. The molecule has 0 saturated heterocycles. The van der Waals surface area contributed by atoms with E-state index in [1.165, 1.54) is 24.3 Å². The average Bonchev–Trinajstić information content (AvgIpc) is 2.76. The Hall–Kier alpha value is -0.340. The van der Waals surface area contributed by atoms with Crippen LogP contribution in [0.3, 0.4) is 0 Å². The van der Waals surface area contributed by atoms with Gasteiger partial charge in [0, 0.05) is 27.8 Å². The summed E-state index contributed by atoms with van der Waals surface area (Å²) in [6.07, 6.45) is 2.80. The van der Waals surface area contributed by atoms with E-state index in [1.807, 2.05) is 11.3 Å². The summed E-state index contributed by atoms with van der Waals surface area (Å²) >= 11 is 2.02. The van der Waals surface area contributed by atoms with E-state index in [4.69, 9.17) is 0 Å². The highest BCUT2D eigenvalue weighted by atomic mass is 32.1. The lowest BCUT2D eigenvalue weighted by molar-refractivity contribution is 0.474. The fraction of sp³-hybridized carbons (Fsp3) is 0.636. The minimum Gasteiger partial charge on any atom is -0.309 e. The summed E-state index contributed by atoms with van der Waals surface area (Å²) in [6.45, 7) is 5.72. The quantitative estimate of drug-likeness (QED) is 0.668. The third-order valence-corrected chi connectivity index (χ3v) is 4.75. The maximum absolute atomic E-state index is 3.61. The largest absolute Gasteiger partial charge is 0.309 e. The molecule has 2 aliphatic rings. The molecular weight excluding hydrogens is 178 g/mol. The number of hydrogen-bond donors (Lipinski definition) is 1. The highest BCUT2D eigenvalue weighted by Gasteiger charge is 2.49. The van der Waals surface area contributed by atoms with E-state index < -0.39 is 0 Å². The molecule has 0 radical (unpaired) electrons. The first-order valence-corrected chi connectivity index (χ1v) is 5.87. The van der Waals surface area contributed by atoms with Crippen molar-refractivity contribution in [3.05, 3.63) is 21.4 Å². The molecule has 0 bridgehead atoms. The van der Waals surface area contributed by atoms with Crippen molar-refractivity contribution in [1.82, 2.24) is 5.32 Å². The smallest absolute Gasteiger partial charge is 0.0303 e. The van der Waals surface area contributed by atoms with Crippen LogP contribution in [-0.2, 0) is 5.41 Å².